The molecule has 0 spiro atoms. The molecule has 1 aliphatic rings. The highest BCUT2D eigenvalue weighted by atomic mass is 32.2. The van der Waals surface area contributed by atoms with Crippen LogP contribution in [0.4, 0.5) is 0 Å². The summed E-state index contributed by atoms with van der Waals surface area (Å²) in [5, 5.41) is 12.5. The van der Waals surface area contributed by atoms with E-state index in [1.165, 1.54) is 11.8 Å². The molecule has 1 aliphatic carbocycles. The summed E-state index contributed by atoms with van der Waals surface area (Å²) in [6, 6.07) is 3.92. The number of nitrogens with zero attached hydrogens (tertiary/aromatic N) is 3. The molecule has 1 aromatic rings. The summed E-state index contributed by atoms with van der Waals surface area (Å²) in [5.74, 6) is 0.376. The minimum atomic E-state index is -0.727. The lowest BCUT2D eigenvalue weighted by Crippen LogP contribution is -2.47. The Bertz CT molecular complexity index is 469. The van der Waals surface area contributed by atoms with Crippen LogP contribution < -0.4 is 5.32 Å². The Morgan fingerprint density at radius 1 is 1.61 bits per heavy atom. The quantitative estimate of drug-likeness (QED) is 0.640. The molecular formula is C12H14N4OS. The largest absolute Gasteiger partial charge is 0.337 e. The maximum atomic E-state index is 11.8. The molecule has 1 heterocycles. The third-order valence-corrected chi connectivity index (χ3v) is 3.78. The molecule has 1 saturated carbocycles. The highest BCUT2D eigenvalue weighted by Crippen LogP contribution is 2.39. The van der Waals surface area contributed by atoms with Gasteiger partial charge in [0.2, 0.25) is 5.91 Å². The second-order valence-corrected chi connectivity index (χ2v) is 5.40. The van der Waals surface area contributed by atoms with Gasteiger partial charge in [0.15, 0.2) is 5.16 Å². The maximum absolute atomic E-state index is 11.8. The van der Waals surface area contributed by atoms with Crippen molar-refractivity contribution in [3.8, 4) is 6.07 Å². The number of nitriles is 1. The van der Waals surface area contributed by atoms with Crippen molar-refractivity contribution in [2.24, 2.45) is 5.92 Å². The first-order valence-corrected chi connectivity index (χ1v) is 6.75. The molecule has 1 N–H and O–H groups in total. The van der Waals surface area contributed by atoms with Gasteiger partial charge in [-0.1, -0.05) is 11.8 Å². The number of amides is 1. The average molecular weight is 262 g/mol. The maximum Gasteiger partial charge on any atom is 0.231 e. The summed E-state index contributed by atoms with van der Waals surface area (Å²) in [7, 11) is 0. The third-order valence-electron chi connectivity index (χ3n) is 2.90. The molecule has 0 radical (unpaired) electrons. The molecule has 0 bridgehead atoms. The number of nitrogens with one attached hydrogen (secondary N) is 1. The van der Waals surface area contributed by atoms with Crippen molar-refractivity contribution in [1.29, 1.82) is 5.26 Å². The van der Waals surface area contributed by atoms with E-state index >= 15 is 0 Å². The van der Waals surface area contributed by atoms with E-state index in [0.717, 1.165) is 12.8 Å². The molecule has 94 valence electrons. The average Bonchev–Trinajstić information content (AvgIpc) is 3.22. The minimum Gasteiger partial charge on any atom is -0.337 e. The molecule has 18 heavy (non-hydrogen) atoms. The molecule has 1 aromatic heterocycles. The first-order valence-electron chi connectivity index (χ1n) is 5.76. The van der Waals surface area contributed by atoms with E-state index in [1.54, 1.807) is 25.4 Å². The van der Waals surface area contributed by atoms with E-state index in [1.807, 2.05) is 0 Å². The number of hydrogen-bond acceptors (Lipinski definition) is 5. The monoisotopic (exact) mass is 262 g/mol. The number of aromatic nitrogens is 2. The summed E-state index contributed by atoms with van der Waals surface area (Å²) in [6.45, 7) is 1.78. The lowest BCUT2D eigenvalue weighted by molar-refractivity contribution is -0.119. The van der Waals surface area contributed by atoms with E-state index in [-0.39, 0.29) is 11.7 Å². The fourth-order valence-corrected chi connectivity index (χ4v) is 2.30. The highest BCUT2D eigenvalue weighted by molar-refractivity contribution is 7.99. The summed E-state index contributed by atoms with van der Waals surface area (Å²) in [4.78, 5) is 19.8. The van der Waals surface area contributed by atoms with Gasteiger partial charge < -0.3 is 5.32 Å². The fraction of sp³-hybridized carbons (Fsp3) is 0.500. The van der Waals surface area contributed by atoms with E-state index in [2.05, 4.69) is 21.4 Å². The van der Waals surface area contributed by atoms with E-state index in [9.17, 15) is 4.79 Å². The van der Waals surface area contributed by atoms with Crippen LogP contribution in [-0.2, 0) is 4.79 Å². The van der Waals surface area contributed by atoms with Gasteiger partial charge >= 0.3 is 0 Å². The van der Waals surface area contributed by atoms with E-state index < -0.39 is 5.54 Å². The highest BCUT2D eigenvalue weighted by Gasteiger charge is 2.42. The molecule has 1 fully saturated rings. The van der Waals surface area contributed by atoms with Gasteiger partial charge in [0.05, 0.1) is 11.8 Å². The van der Waals surface area contributed by atoms with Crippen molar-refractivity contribution in [3.63, 3.8) is 0 Å². The number of thioether (sulfide) groups is 1. The fourth-order valence-electron chi connectivity index (χ4n) is 1.70. The van der Waals surface area contributed by atoms with Gasteiger partial charge in [-0.15, -0.1) is 0 Å². The topological polar surface area (TPSA) is 78.7 Å². The van der Waals surface area contributed by atoms with Crippen molar-refractivity contribution in [3.05, 3.63) is 18.5 Å². The van der Waals surface area contributed by atoms with Crippen LogP contribution in [0, 0.1) is 17.2 Å². The zero-order chi connectivity index (χ0) is 13.0. The van der Waals surface area contributed by atoms with Crippen LogP contribution >= 0.6 is 11.8 Å². The number of rotatable bonds is 5. The van der Waals surface area contributed by atoms with Crippen LogP contribution in [0.3, 0.4) is 0 Å². The van der Waals surface area contributed by atoms with Crippen molar-refractivity contribution in [1.82, 2.24) is 15.3 Å². The zero-order valence-electron chi connectivity index (χ0n) is 10.1. The van der Waals surface area contributed by atoms with Crippen LogP contribution in [0.25, 0.3) is 0 Å². The second kappa shape index (κ2) is 5.36. The van der Waals surface area contributed by atoms with Gasteiger partial charge in [-0.05, 0) is 31.7 Å². The Kier molecular flexibility index (Phi) is 3.82. The van der Waals surface area contributed by atoms with Gasteiger partial charge in [0, 0.05) is 12.4 Å². The number of carbonyl (C=O) groups excluding carboxylic acids is 1. The number of carbonyl (C=O) groups is 1. The zero-order valence-corrected chi connectivity index (χ0v) is 10.9. The molecule has 0 aliphatic heterocycles. The third kappa shape index (κ3) is 3.20. The standard InChI is InChI=1S/C12H14N4OS/c1-12(8-13,9-3-4-9)16-10(17)7-18-11-14-5-2-6-15-11/h2,5-6,9H,3-4,7H2,1H3,(H,16,17). The van der Waals surface area contributed by atoms with E-state index in [0.29, 0.717) is 11.1 Å². The summed E-state index contributed by atoms with van der Waals surface area (Å²) < 4.78 is 0. The normalized spacial score (nSPS) is 17.6. The molecule has 6 heteroatoms. The summed E-state index contributed by atoms with van der Waals surface area (Å²) in [6.07, 6.45) is 5.30. The van der Waals surface area contributed by atoms with Crippen molar-refractivity contribution in [2.45, 2.75) is 30.5 Å². The Hall–Kier alpha value is -1.61. The van der Waals surface area contributed by atoms with Crippen LogP contribution in [0.5, 0.6) is 0 Å². The van der Waals surface area contributed by atoms with Crippen LogP contribution in [-0.4, -0.2) is 27.2 Å². The molecule has 0 aromatic carbocycles. The van der Waals surface area contributed by atoms with Crippen LogP contribution in [0.2, 0.25) is 0 Å². The second-order valence-electron chi connectivity index (χ2n) is 4.46. The van der Waals surface area contributed by atoms with E-state index in [4.69, 9.17) is 5.26 Å². The van der Waals surface area contributed by atoms with Gasteiger partial charge in [0.25, 0.3) is 0 Å². The van der Waals surface area contributed by atoms with Crippen molar-refractivity contribution < 1.29 is 4.79 Å². The first kappa shape index (κ1) is 12.8. The first-order chi connectivity index (χ1) is 8.64. The predicted molar refractivity (Wildman–Crippen MR) is 67.6 cm³/mol. The Balaban J connectivity index is 1.84. The van der Waals surface area contributed by atoms with Gasteiger partial charge in [-0.25, -0.2) is 9.97 Å². The molecule has 2 rings (SSSR count). The van der Waals surface area contributed by atoms with Crippen LogP contribution in [0.1, 0.15) is 19.8 Å². The lowest BCUT2D eigenvalue weighted by Gasteiger charge is -2.22. The van der Waals surface area contributed by atoms with Gasteiger partial charge in [-0.2, -0.15) is 5.26 Å². The smallest absolute Gasteiger partial charge is 0.231 e. The van der Waals surface area contributed by atoms with Crippen LogP contribution in [0.15, 0.2) is 23.6 Å². The van der Waals surface area contributed by atoms with Crippen molar-refractivity contribution >= 4 is 17.7 Å². The number of hydrogen-bond donors (Lipinski definition) is 1. The molecule has 1 unspecified atom stereocenters. The van der Waals surface area contributed by atoms with Gasteiger partial charge in [-0.3, -0.25) is 4.79 Å². The molecule has 1 amide bonds. The minimum absolute atomic E-state index is 0.150. The Morgan fingerprint density at radius 2 is 2.28 bits per heavy atom. The summed E-state index contributed by atoms with van der Waals surface area (Å²) in [5.41, 5.74) is -0.727. The SMILES string of the molecule is CC(C#N)(NC(=O)CSc1ncccn1)C1CC1. The molecule has 0 saturated heterocycles. The Morgan fingerprint density at radius 3 is 2.83 bits per heavy atom. The van der Waals surface area contributed by atoms with Crippen molar-refractivity contribution in [2.75, 3.05) is 5.75 Å². The lowest BCUT2D eigenvalue weighted by atomic mass is 9.98. The predicted octanol–water partition coefficient (Wildman–Crippen LogP) is 1.38. The molecular weight excluding hydrogens is 248 g/mol. The van der Waals surface area contributed by atoms with Gasteiger partial charge in [0.1, 0.15) is 5.54 Å². The summed E-state index contributed by atoms with van der Waals surface area (Å²) >= 11 is 1.27. The molecule has 5 nitrogen and oxygen atoms in total. The molecule has 1 atom stereocenters. The Labute approximate surface area is 110 Å².